The Morgan fingerprint density at radius 1 is 1.53 bits per heavy atom. The second-order valence-electron chi connectivity index (χ2n) is 4.39. The summed E-state index contributed by atoms with van der Waals surface area (Å²) in [6.45, 7) is 0.747. The molecule has 1 fully saturated rings. The molecule has 0 atom stereocenters. The molecule has 19 heavy (non-hydrogen) atoms. The molecule has 2 heterocycles. The minimum atomic E-state index is -0.875. The number of carbonyl (C=O) groups excluding carboxylic acids is 1. The molecule has 9 heteroatoms. The van der Waals surface area contributed by atoms with Crippen molar-refractivity contribution < 1.29 is 19.6 Å². The monoisotopic (exact) mass is 268 g/mol. The lowest BCUT2D eigenvalue weighted by atomic mass is 9.96. The summed E-state index contributed by atoms with van der Waals surface area (Å²) in [5.41, 5.74) is 0. The molecule has 1 amide bonds. The van der Waals surface area contributed by atoms with Crippen LogP contribution < -0.4 is 0 Å². The summed E-state index contributed by atoms with van der Waals surface area (Å²) >= 11 is 0. The van der Waals surface area contributed by atoms with E-state index in [1.165, 1.54) is 21.8 Å². The van der Waals surface area contributed by atoms with Crippen LogP contribution >= 0.6 is 0 Å². The summed E-state index contributed by atoms with van der Waals surface area (Å²) in [7, 11) is 0. The Bertz CT molecular complexity index is 520. The number of carboxylic acids is 1. The van der Waals surface area contributed by atoms with Gasteiger partial charge >= 0.3 is 11.8 Å². The van der Waals surface area contributed by atoms with E-state index in [9.17, 15) is 19.7 Å². The number of carbonyl (C=O) groups is 2. The van der Waals surface area contributed by atoms with Crippen LogP contribution in [-0.4, -0.2) is 49.7 Å². The largest absolute Gasteiger partial charge is 0.481 e. The Kier molecular flexibility index (Phi) is 3.45. The van der Waals surface area contributed by atoms with Crippen molar-refractivity contribution in [1.29, 1.82) is 0 Å². The lowest BCUT2D eigenvalue weighted by Crippen LogP contribution is -2.51. The van der Waals surface area contributed by atoms with E-state index in [-0.39, 0.29) is 30.6 Å². The summed E-state index contributed by atoms with van der Waals surface area (Å²) in [6, 6.07) is 1.22. The number of nitro groups is 1. The minimum absolute atomic E-state index is 0.00610. The van der Waals surface area contributed by atoms with Crippen molar-refractivity contribution in [2.75, 3.05) is 13.1 Å². The molecule has 0 aromatic carbocycles. The van der Waals surface area contributed by atoms with Gasteiger partial charge in [-0.2, -0.15) is 4.68 Å². The number of hydrogen-bond donors (Lipinski definition) is 1. The molecule has 1 saturated heterocycles. The first-order valence-electron chi connectivity index (χ1n) is 5.63. The number of aromatic nitrogens is 2. The van der Waals surface area contributed by atoms with Crippen LogP contribution in [0.15, 0.2) is 12.3 Å². The first-order chi connectivity index (χ1) is 8.95. The van der Waals surface area contributed by atoms with Gasteiger partial charge in [-0.1, -0.05) is 0 Å². The van der Waals surface area contributed by atoms with Gasteiger partial charge in [-0.05, 0) is 4.92 Å². The molecular formula is C10H12N4O5. The summed E-state index contributed by atoms with van der Waals surface area (Å²) in [4.78, 5) is 33.5. The third kappa shape index (κ3) is 3.06. The molecule has 9 nitrogen and oxygen atoms in total. The van der Waals surface area contributed by atoms with Gasteiger partial charge in [-0.25, -0.2) is 0 Å². The number of rotatable bonds is 5. The zero-order valence-electron chi connectivity index (χ0n) is 9.93. The van der Waals surface area contributed by atoms with E-state index in [2.05, 4.69) is 5.10 Å². The summed E-state index contributed by atoms with van der Waals surface area (Å²) in [5.74, 6) is -1.41. The molecule has 1 N–H and O–H groups in total. The first-order valence-corrected chi connectivity index (χ1v) is 5.63. The predicted octanol–water partition coefficient (Wildman–Crippen LogP) is -0.276. The Labute approximate surface area is 107 Å². The predicted molar refractivity (Wildman–Crippen MR) is 61.2 cm³/mol. The SMILES string of the molecule is O=C(O)CC1CN(C(=O)Cn2ccc([N+](=O)[O-])n2)C1. The van der Waals surface area contributed by atoms with Crippen molar-refractivity contribution in [2.45, 2.75) is 13.0 Å². The van der Waals surface area contributed by atoms with Crippen molar-refractivity contribution in [1.82, 2.24) is 14.7 Å². The summed E-state index contributed by atoms with van der Waals surface area (Å²) in [6.07, 6.45) is 1.42. The van der Waals surface area contributed by atoms with E-state index >= 15 is 0 Å². The van der Waals surface area contributed by atoms with Crippen LogP contribution in [0.5, 0.6) is 0 Å². The Morgan fingerprint density at radius 2 is 2.21 bits per heavy atom. The van der Waals surface area contributed by atoms with Crippen LogP contribution in [0.25, 0.3) is 0 Å². The molecule has 0 unspecified atom stereocenters. The molecule has 0 aliphatic carbocycles. The van der Waals surface area contributed by atoms with E-state index < -0.39 is 10.9 Å². The summed E-state index contributed by atoms with van der Waals surface area (Å²) < 4.78 is 1.20. The molecule has 0 spiro atoms. The fraction of sp³-hybridized carbons (Fsp3) is 0.500. The first kappa shape index (κ1) is 13.0. The molecule has 102 valence electrons. The van der Waals surface area contributed by atoms with Gasteiger partial charge in [0.1, 0.15) is 6.54 Å². The van der Waals surface area contributed by atoms with E-state index in [0.717, 1.165) is 0 Å². The molecule has 1 aliphatic heterocycles. The number of amides is 1. The van der Waals surface area contributed by atoms with Crippen molar-refractivity contribution in [2.24, 2.45) is 5.92 Å². The smallest absolute Gasteiger partial charge is 0.389 e. The maximum Gasteiger partial charge on any atom is 0.389 e. The van der Waals surface area contributed by atoms with E-state index in [1.807, 2.05) is 0 Å². The average molecular weight is 268 g/mol. The van der Waals surface area contributed by atoms with Gasteiger partial charge < -0.3 is 20.1 Å². The second kappa shape index (κ2) is 5.04. The molecule has 0 radical (unpaired) electrons. The van der Waals surface area contributed by atoms with Gasteiger partial charge in [0.25, 0.3) is 0 Å². The molecule has 1 aliphatic rings. The number of aliphatic carboxylic acids is 1. The maximum absolute atomic E-state index is 11.8. The third-order valence-corrected chi connectivity index (χ3v) is 2.88. The number of nitrogens with zero attached hydrogens (tertiary/aromatic N) is 4. The van der Waals surface area contributed by atoms with Gasteiger partial charge in [0.2, 0.25) is 5.91 Å². The lowest BCUT2D eigenvalue weighted by molar-refractivity contribution is -0.389. The van der Waals surface area contributed by atoms with Crippen LogP contribution in [0.2, 0.25) is 0 Å². The second-order valence-corrected chi connectivity index (χ2v) is 4.39. The van der Waals surface area contributed by atoms with Gasteiger partial charge in [0, 0.05) is 19.0 Å². The van der Waals surface area contributed by atoms with Crippen molar-refractivity contribution >= 4 is 17.7 Å². The van der Waals surface area contributed by atoms with Gasteiger partial charge in [0.05, 0.1) is 23.8 Å². The van der Waals surface area contributed by atoms with E-state index in [4.69, 9.17) is 5.11 Å². The van der Waals surface area contributed by atoms with Crippen molar-refractivity contribution in [3.8, 4) is 0 Å². The van der Waals surface area contributed by atoms with Crippen LogP contribution in [0.4, 0.5) is 5.82 Å². The Balaban J connectivity index is 1.82. The molecule has 1 aromatic heterocycles. The molecule has 0 bridgehead atoms. The molecule has 2 rings (SSSR count). The van der Waals surface area contributed by atoms with Crippen molar-refractivity contribution in [3.05, 3.63) is 22.4 Å². The highest BCUT2D eigenvalue weighted by atomic mass is 16.6. The van der Waals surface area contributed by atoms with Crippen LogP contribution in [0.1, 0.15) is 6.42 Å². The van der Waals surface area contributed by atoms with Crippen molar-refractivity contribution in [3.63, 3.8) is 0 Å². The molecule has 0 saturated carbocycles. The zero-order valence-corrected chi connectivity index (χ0v) is 9.93. The molecular weight excluding hydrogens is 256 g/mol. The zero-order chi connectivity index (χ0) is 14.0. The van der Waals surface area contributed by atoms with Crippen LogP contribution in [-0.2, 0) is 16.1 Å². The highest BCUT2D eigenvalue weighted by Gasteiger charge is 2.32. The Hall–Kier alpha value is -2.45. The summed E-state index contributed by atoms with van der Waals surface area (Å²) in [5, 5.41) is 22.6. The van der Waals surface area contributed by atoms with Crippen LogP contribution in [0.3, 0.4) is 0 Å². The lowest BCUT2D eigenvalue weighted by Gasteiger charge is -2.38. The number of hydrogen-bond acceptors (Lipinski definition) is 5. The average Bonchev–Trinajstić information content (AvgIpc) is 2.70. The fourth-order valence-electron chi connectivity index (χ4n) is 1.92. The van der Waals surface area contributed by atoms with E-state index in [0.29, 0.717) is 13.1 Å². The Morgan fingerprint density at radius 3 is 2.74 bits per heavy atom. The third-order valence-electron chi connectivity index (χ3n) is 2.88. The fourth-order valence-corrected chi connectivity index (χ4v) is 1.92. The molecule has 1 aromatic rings. The van der Waals surface area contributed by atoms with Crippen LogP contribution in [0, 0.1) is 16.0 Å². The topological polar surface area (TPSA) is 119 Å². The normalized spacial score (nSPS) is 15.1. The van der Waals surface area contributed by atoms with E-state index in [1.54, 1.807) is 0 Å². The maximum atomic E-state index is 11.8. The van der Waals surface area contributed by atoms with Gasteiger partial charge in [0.15, 0.2) is 0 Å². The van der Waals surface area contributed by atoms with Gasteiger partial charge in [-0.15, -0.1) is 0 Å². The number of carboxylic acid groups (broad SMARTS) is 1. The number of likely N-dealkylation sites (tertiary alicyclic amines) is 1. The highest BCUT2D eigenvalue weighted by molar-refractivity contribution is 5.77. The standard InChI is InChI=1S/C10H12N4O5/c15-9(12-4-7(5-12)3-10(16)17)6-13-2-1-8(11-13)14(18)19/h1-2,7H,3-6H2,(H,16,17). The highest BCUT2D eigenvalue weighted by Crippen LogP contribution is 2.19. The minimum Gasteiger partial charge on any atom is -0.481 e. The van der Waals surface area contributed by atoms with Gasteiger partial charge in [-0.3, -0.25) is 9.59 Å². The quantitative estimate of drug-likeness (QED) is 0.579.